The second-order valence-corrected chi connectivity index (χ2v) is 11.3. The molecule has 0 aliphatic heterocycles. The van der Waals surface area contributed by atoms with E-state index < -0.39 is 11.9 Å². The van der Waals surface area contributed by atoms with Gasteiger partial charge in [0.1, 0.15) is 5.82 Å². The molecule has 0 saturated carbocycles. The summed E-state index contributed by atoms with van der Waals surface area (Å²) in [5.74, 6) is 0.233. The first-order valence-corrected chi connectivity index (χ1v) is 13.7. The van der Waals surface area contributed by atoms with Crippen molar-refractivity contribution in [1.29, 1.82) is 0 Å². The van der Waals surface area contributed by atoms with Crippen molar-refractivity contribution >= 4 is 11.8 Å². The van der Waals surface area contributed by atoms with Crippen LogP contribution in [0, 0.1) is 5.41 Å². The van der Waals surface area contributed by atoms with E-state index in [2.05, 4.69) is 43.7 Å². The van der Waals surface area contributed by atoms with Crippen molar-refractivity contribution in [3.8, 4) is 11.3 Å². The van der Waals surface area contributed by atoms with Gasteiger partial charge in [0.05, 0.1) is 11.7 Å². The van der Waals surface area contributed by atoms with E-state index in [-0.39, 0.29) is 23.8 Å². The smallest absolute Gasteiger partial charge is 0.254 e. The third-order valence-corrected chi connectivity index (χ3v) is 6.94. The summed E-state index contributed by atoms with van der Waals surface area (Å²) in [4.78, 5) is 32.7. The molecule has 3 aromatic carbocycles. The SMILES string of the molecule is CC(C)(C)[C@H](c1nc(-c2ccccc2)cn1Cc1ccccc1)N(CCC(N)CC(N)=O)C(=O)c1ccccc1. The largest absolute Gasteiger partial charge is 0.370 e. The normalized spacial score (nSPS) is 13.0. The Kier molecular flexibility index (Phi) is 9.17. The molecule has 0 fully saturated rings. The fourth-order valence-corrected chi connectivity index (χ4v) is 5.06. The van der Waals surface area contributed by atoms with Crippen LogP contribution in [0.4, 0.5) is 0 Å². The van der Waals surface area contributed by atoms with Gasteiger partial charge in [-0.3, -0.25) is 9.59 Å². The number of nitrogens with zero attached hydrogens (tertiary/aromatic N) is 3. The van der Waals surface area contributed by atoms with Crippen molar-refractivity contribution in [1.82, 2.24) is 14.5 Å². The average molecular weight is 538 g/mol. The number of carbonyl (C=O) groups excluding carboxylic acids is 2. The highest BCUT2D eigenvalue weighted by Gasteiger charge is 2.38. The third kappa shape index (κ3) is 7.24. The van der Waals surface area contributed by atoms with Crippen LogP contribution >= 0.6 is 0 Å². The highest BCUT2D eigenvalue weighted by molar-refractivity contribution is 5.94. The summed E-state index contributed by atoms with van der Waals surface area (Å²) in [6, 6.07) is 28.7. The lowest BCUT2D eigenvalue weighted by Gasteiger charge is -2.40. The number of amides is 2. The van der Waals surface area contributed by atoms with Gasteiger partial charge in [-0.15, -0.1) is 0 Å². The standard InChI is InChI=1S/C33H39N5O2/c1-33(2,3)30(38(20-19-27(34)21-29(35)39)32(40)26-17-11-6-12-18-26)31-36-28(25-15-9-5-10-16-25)23-37(31)22-24-13-7-4-8-14-24/h4-18,23,27,30H,19-22,34H2,1-3H3,(H2,35,39)/t27?,30-/m0/s1. The van der Waals surface area contributed by atoms with Gasteiger partial charge in [0.15, 0.2) is 0 Å². The molecule has 1 unspecified atom stereocenters. The number of primary amides is 1. The summed E-state index contributed by atoms with van der Waals surface area (Å²) in [6.07, 6.45) is 2.56. The van der Waals surface area contributed by atoms with Crippen molar-refractivity contribution in [2.75, 3.05) is 6.54 Å². The zero-order chi connectivity index (χ0) is 28.7. The van der Waals surface area contributed by atoms with Crippen molar-refractivity contribution in [2.24, 2.45) is 16.9 Å². The van der Waals surface area contributed by atoms with Crippen LogP contribution < -0.4 is 11.5 Å². The molecule has 4 aromatic rings. The molecule has 7 nitrogen and oxygen atoms in total. The minimum absolute atomic E-state index is 0.0638. The lowest BCUT2D eigenvalue weighted by atomic mass is 9.84. The minimum Gasteiger partial charge on any atom is -0.370 e. The maximum atomic E-state index is 14.1. The Hall–Kier alpha value is -4.23. The van der Waals surface area contributed by atoms with Crippen LogP contribution in [0.2, 0.25) is 0 Å². The predicted octanol–water partition coefficient (Wildman–Crippen LogP) is 5.42. The number of hydrogen-bond donors (Lipinski definition) is 2. The maximum Gasteiger partial charge on any atom is 0.254 e. The number of aromatic nitrogens is 2. The Morgan fingerprint density at radius 3 is 2.05 bits per heavy atom. The van der Waals surface area contributed by atoms with Gasteiger partial charge in [-0.05, 0) is 29.5 Å². The summed E-state index contributed by atoms with van der Waals surface area (Å²) in [5, 5.41) is 0. The summed E-state index contributed by atoms with van der Waals surface area (Å²) < 4.78 is 2.15. The molecule has 0 aliphatic carbocycles. The number of imidazole rings is 1. The van der Waals surface area contributed by atoms with Gasteiger partial charge in [-0.1, -0.05) is 99.6 Å². The Morgan fingerprint density at radius 2 is 1.48 bits per heavy atom. The van der Waals surface area contributed by atoms with Gasteiger partial charge in [0.2, 0.25) is 5.91 Å². The Labute approximate surface area is 236 Å². The molecule has 40 heavy (non-hydrogen) atoms. The fraction of sp³-hybridized carbons (Fsp3) is 0.303. The second kappa shape index (κ2) is 12.7. The van der Waals surface area contributed by atoms with Crippen LogP contribution in [0.3, 0.4) is 0 Å². The Bertz CT molecular complexity index is 1400. The lowest BCUT2D eigenvalue weighted by Crippen LogP contribution is -2.44. The number of hydrogen-bond acceptors (Lipinski definition) is 4. The zero-order valence-corrected chi connectivity index (χ0v) is 23.5. The van der Waals surface area contributed by atoms with E-state index in [0.29, 0.717) is 25.1 Å². The van der Waals surface area contributed by atoms with Crippen molar-refractivity contribution in [2.45, 2.75) is 52.2 Å². The first-order chi connectivity index (χ1) is 19.1. The summed E-state index contributed by atoms with van der Waals surface area (Å²) in [7, 11) is 0. The Morgan fingerprint density at radius 1 is 0.900 bits per heavy atom. The molecule has 2 atom stereocenters. The Balaban J connectivity index is 1.83. The molecule has 0 aliphatic rings. The first kappa shape index (κ1) is 28.8. The molecule has 1 aromatic heterocycles. The average Bonchev–Trinajstić information content (AvgIpc) is 3.33. The maximum absolute atomic E-state index is 14.1. The molecule has 4 rings (SSSR count). The summed E-state index contributed by atoms with van der Waals surface area (Å²) in [5.41, 5.74) is 14.9. The van der Waals surface area contributed by atoms with Gasteiger partial charge < -0.3 is 20.9 Å². The predicted molar refractivity (Wildman–Crippen MR) is 159 cm³/mol. The van der Waals surface area contributed by atoms with Crippen LogP contribution in [0.25, 0.3) is 11.3 Å². The van der Waals surface area contributed by atoms with Crippen LogP contribution in [0.1, 0.15) is 61.4 Å². The highest BCUT2D eigenvalue weighted by Crippen LogP contribution is 2.40. The molecule has 208 valence electrons. The first-order valence-electron chi connectivity index (χ1n) is 13.7. The van der Waals surface area contributed by atoms with Gasteiger partial charge >= 0.3 is 0 Å². The van der Waals surface area contributed by atoms with Crippen LogP contribution in [0.5, 0.6) is 0 Å². The second-order valence-electron chi connectivity index (χ2n) is 11.3. The lowest BCUT2D eigenvalue weighted by molar-refractivity contribution is -0.118. The molecule has 0 radical (unpaired) electrons. The van der Waals surface area contributed by atoms with Gasteiger partial charge in [-0.2, -0.15) is 0 Å². The van der Waals surface area contributed by atoms with E-state index in [1.165, 1.54) is 0 Å². The van der Waals surface area contributed by atoms with E-state index in [9.17, 15) is 9.59 Å². The quantitative estimate of drug-likeness (QED) is 0.266. The molecule has 7 heteroatoms. The van der Waals surface area contributed by atoms with Crippen LogP contribution in [-0.2, 0) is 11.3 Å². The summed E-state index contributed by atoms with van der Waals surface area (Å²) >= 11 is 0. The van der Waals surface area contributed by atoms with E-state index in [0.717, 1.165) is 22.6 Å². The number of rotatable bonds is 11. The fourth-order valence-electron chi connectivity index (χ4n) is 5.06. The van der Waals surface area contributed by atoms with Gasteiger partial charge in [0, 0.05) is 42.9 Å². The van der Waals surface area contributed by atoms with Crippen molar-refractivity contribution in [3.63, 3.8) is 0 Å². The van der Waals surface area contributed by atoms with E-state index >= 15 is 0 Å². The molecule has 0 saturated heterocycles. The highest BCUT2D eigenvalue weighted by atomic mass is 16.2. The third-order valence-electron chi connectivity index (χ3n) is 6.94. The van der Waals surface area contributed by atoms with E-state index in [4.69, 9.17) is 16.5 Å². The van der Waals surface area contributed by atoms with Crippen LogP contribution in [0.15, 0.2) is 97.2 Å². The number of nitrogens with two attached hydrogens (primary N) is 2. The summed E-state index contributed by atoms with van der Waals surface area (Å²) in [6.45, 7) is 7.32. The van der Waals surface area contributed by atoms with E-state index in [1.54, 1.807) is 0 Å². The van der Waals surface area contributed by atoms with Gasteiger partial charge in [0.25, 0.3) is 5.91 Å². The van der Waals surface area contributed by atoms with Crippen molar-refractivity contribution in [3.05, 3.63) is 114 Å². The van der Waals surface area contributed by atoms with Crippen molar-refractivity contribution < 1.29 is 9.59 Å². The molecular formula is C33H39N5O2. The number of carbonyl (C=O) groups is 2. The minimum atomic E-state index is -0.452. The van der Waals surface area contributed by atoms with E-state index in [1.807, 2.05) is 83.8 Å². The molecule has 2 amide bonds. The molecule has 0 bridgehead atoms. The molecular weight excluding hydrogens is 498 g/mol. The number of benzene rings is 3. The van der Waals surface area contributed by atoms with Gasteiger partial charge in [-0.25, -0.2) is 4.98 Å². The molecule has 0 spiro atoms. The molecule has 1 heterocycles. The van der Waals surface area contributed by atoms with Crippen LogP contribution in [-0.4, -0.2) is 38.9 Å². The zero-order valence-electron chi connectivity index (χ0n) is 23.5. The molecule has 4 N–H and O–H groups in total. The topological polar surface area (TPSA) is 107 Å². The monoisotopic (exact) mass is 537 g/mol.